The zero-order valence-electron chi connectivity index (χ0n) is 13.8. The van der Waals surface area contributed by atoms with Gasteiger partial charge in [-0.25, -0.2) is 0 Å². The van der Waals surface area contributed by atoms with E-state index < -0.39 is 18.1 Å². The Bertz CT molecular complexity index is 585. The SMILES string of the molecule is NC(CC(=O)NCC1CCN(C(=O)C(F)(F)F)CC1)c1ccccc1. The van der Waals surface area contributed by atoms with E-state index >= 15 is 0 Å². The number of alkyl halides is 3. The fraction of sp³-hybridized carbons (Fsp3) is 0.529. The first kappa shape index (κ1) is 19.2. The number of rotatable bonds is 5. The average molecular weight is 357 g/mol. The molecule has 1 heterocycles. The molecule has 5 nitrogen and oxygen atoms in total. The minimum atomic E-state index is -4.82. The number of nitrogens with zero attached hydrogens (tertiary/aromatic N) is 1. The third kappa shape index (κ3) is 5.74. The topological polar surface area (TPSA) is 75.4 Å². The van der Waals surface area contributed by atoms with Crippen LogP contribution >= 0.6 is 0 Å². The maximum absolute atomic E-state index is 12.4. The van der Waals surface area contributed by atoms with Gasteiger partial charge < -0.3 is 16.0 Å². The predicted molar refractivity (Wildman–Crippen MR) is 86.4 cm³/mol. The first-order valence-corrected chi connectivity index (χ1v) is 8.20. The minimum absolute atomic E-state index is 0.0579. The van der Waals surface area contributed by atoms with Crippen molar-refractivity contribution < 1.29 is 22.8 Å². The number of carbonyl (C=O) groups is 2. The molecule has 1 aliphatic rings. The van der Waals surface area contributed by atoms with Crippen molar-refractivity contribution in [3.8, 4) is 0 Å². The zero-order chi connectivity index (χ0) is 18.4. The summed E-state index contributed by atoms with van der Waals surface area (Å²) in [7, 11) is 0. The highest BCUT2D eigenvalue weighted by Crippen LogP contribution is 2.23. The summed E-state index contributed by atoms with van der Waals surface area (Å²) < 4.78 is 37.2. The van der Waals surface area contributed by atoms with E-state index in [0.29, 0.717) is 19.4 Å². The van der Waals surface area contributed by atoms with E-state index in [9.17, 15) is 22.8 Å². The Balaban J connectivity index is 1.70. The van der Waals surface area contributed by atoms with Crippen molar-refractivity contribution in [2.24, 2.45) is 11.7 Å². The standard InChI is InChI=1S/C17H22F3N3O2/c18-17(19,20)16(25)23-8-6-12(7-9-23)11-22-15(24)10-14(21)13-4-2-1-3-5-13/h1-5,12,14H,6-11,21H2,(H,22,24). The van der Waals surface area contributed by atoms with Crippen molar-refractivity contribution in [2.45, 2.75) is 31.5 Å². The highest BCUT2D eigenvalue weighted by atomic mass is 19.4. The molecule has 138 valence electrons. The second-order valence-corrected chi connectivity index (χ2v) is 6.26. The van der Waals surface area contributed by atoms with Gasteiger partial charge in [0.2, 0.25) is 5.91 Å². The molecule has 8 heteroatoms. The lowest BCUT2D eigenvalue weighted by Crippen LogP contribution is -2.46. The van der Waals surface area contributed by atoms with Crippen molar-refractivity contribution >= 4 is 11.8 Å². The number of benzene rings is 1. The molecule has 1 unspecified atom stereocenters. The van der Waals surface area contributed by atoms with Crippen LogP contribution < -0.4 is 11.1 Å². The van der Waals surface area contributed by atoms with Crippen molar-refractivity contribution in [2.75, 3.05) is 19.6 Å². The van der Waals surface area contributed by atoms with E-state index in [1.54, 1.807) is 0 Å². The Hall–Kier alpha value is -2.09. The van der Waals surface area contributed by atoms with Crippen molar-refractivity contribution in [3.05, 3.63) is 35.9 Å². The van der Waals surface area contributed by atoms with Gasteiger partial charge in [0.15, 0.2) is 0 Å². The van der Waals surface area contributed by atoms with Crippen LogP contribution in [0, 0.1) is 5.92 Å². The molecule has 1 saturated heterocycles. The van der Waals surface area contributed by atoms with E-state index in [1.807, 2.05) is 30.3 Å². The molecule has 2 amide bonds. The Morgan fingerprint density at radius 3 is 2.36 bits per heavy atom. The molecule has 0 saturated carbocycles. The first-order valence-electron chi connectivity index (χ1n) is 8.20. The summed E-state index contributed by atoms with van der Waals surface area (Å²) in [6.45, 7) is 0.499. The normalized spacial score (nSPS) is 17.2. The molecule has 2 rings (SSSR count). The molecule has 1 aliphatic heterocycles. The van der Waals surface area contributed by atoms with Gasteiger partial charge in [-0.3, -0.25) is 9.59 Å². The Morgan fingerprint density at radius 2 is 1.80 bits per heavy atom. The molecule has 1 aromatic carbocycles. The Kier molecular flexibility index (Phi) is 6.41. The van der Waals surface area contributed by atoms with Gasteiger partial charge in [0.05, 0.1) is 0 Å². The molecule has 25 heavy (non-hydrogen) atoms. The molecular weight excluding hydrogens is 335 g/mol. The number of hydrogen-bond donors (Lipinski definition) is 2. The van der Waals surface area contributed by atoms with Gasteiger partial charge in [-0.15, -0.1) is 0 Å². The number of nitrogens with two attached hydrogens (primary N) is 1. The Morgan fingerprint density at radius 1 is 1.20 bits per heavy atom. The van der Waals surface area contributed by atoms with Gasteiger partial charge in [0.1, 0.15) is 0 Å². The molecule has 0 bridgehead atoms. The fourth-order valence-corrected chi connectivity index (χ4v) is 2.87. The van der Waals surface area contributed by atoms with E-state index in [4.69, 9.17) is 5.73 Å². The van der Waals surface area contributed by atoms with Gasteiger partial charge >= 0.3 is 12.1 Å². The summed E-state index contributed by atoms with van der Waals surface area (Å²) in [6, 6.07) is 8.88. The molecule has 3 N–H and O–H groups in total. The Labute approximate surface area is 144 Å². The van der Waals surface area contributed by atoms with Crippen LogP contribution in [0.2, 0.25) is 0 Å². The largest absolute Gasteiger partial charge is 0.471 e. The monoisotopic (exact) mass is 357 g/mol. The number of carbonyl (C=O) groups excluding carboxylic acids is 2. The summed E-state index contributed by atoms with van der Waals surface area (Å²) in [5, 5.41) is 2.78. The lowest BCUT2D eigenvalue weighted by atomic mass is 9.96. The molecule has 0 spiro atoms. The summed E-state index contributed by atoms with van der Waals surface area (Å²) in [5.41, 5.74) is 6.86. The van der Waals surface area contributed by atoms with Crippen LogP contribution in [0.25, 0.3) is 0 Å². The first-order chi connectivity index (χ1) is 11.8. The minimum Gasteiger partial charge on any atom is -0.356 e. The van der Waals surface area contributed by atoms with Crippen LogP contribution in [0.4, 0.5) is 13.2 Å². The van der Waals surface area contributed by atoms with E-state index in [0.717, 1.165) is 10.5 Å². The van der Waals surface area contributed by atoms with Gasteiger partial charge in [0.25, 0.3) is 0 Å². The molecular formula is C17H22F3N3O2. The lowest BCUT2D eigenvalue weighted by molar-refractivity contribution is -0.186. The van der Waals surface area contributed by atoms with Crippen LogP contribution in [-0.4, -0.2) is 42.5 Å². The number of halogens is 3. The smallest absolute Gasteiger partial charge is 0.356 e. The third-order valence-electron chi connectivity index (χ3n) is 4.37. The molecule has 0 aromatic heterocycles. The van der Waals surface area contributed by atoms with Crippen molar-refractivity contribution in [3.63, 3.8) is 0 Å². The second kappa shape index (κ2) is 8.33. The number of hydrogen-bond acceptors (Lipinski definition) is 3. The average Bonchev–Trinajstić information content (AvgIpc) is 2.59. The highest BCUT2D eigenvalue weighted by Gasteiger charge is 2.43. The molecule has 1 atom stereocenters. The molecule has 1 fully saturated rings. The summed E-state index contributed by atoms with van der Waals surface area (Å²) in [4.78, 5) is 24.0. The number of amides is 2. The number of nitrogens with one attached hydrogen (secondary N) is 1. The highest BCUT2D eigenvalue weighted by molar-refractivity contribution is 5.82. The van der Waals surface area contributed by atoms with E-state index in [-0.39, 0.29) is 31.3 Å². The third-order valence-corrected chi connectivity index (χ3v) is 4.37. The maximum Gasteiger partial charge on any atom is 0.471 e. The molecule has 1 aromatic rings. The van der Waals surface area contributed by atoms with Gasteiger partial charge in [-0.1, -0.05) is 30.3 Å². The fourth-order valence-electron chi connectivity index (χ4n) is 2.87. The van der Waals surface area contributed by atoms with Crippen LogP contribution in [0.3, 0.4) is 0 Å². The van der Waals surface area contributed by atoms with E-state index in [2.05, 4.69) is 5.32 Å². The van der Waals surface area contributed by atoms with Crippen LogP contribution in [0.15, 0.2) is 30.3 Å². The molecule has 0 aliphatic carbocycles. The second-order valence-electron chi connectivity index (χ2n) is 6.26. The van der Waals surface area contributed by atoms with Crippen molar-refractivity contribution in [1.82, 2.24) is 10.2 Å². The van der Waals surface area contributed by atoms with Crippen LogP contribution in [0.1, 0.15) is 30.9 Å². The summed E-state index contributed by atoms with van der Waals surface area (Å²) >= 11 is 0. The van der Waals surface area contributed by atoms with Gasteiger partial charge in [-0.05, 0) is 24.3 Å². The van der Waals surface area contributed by atoms with Gasteiger partial charge in [-0.2, -0.15) is 13.2 Å². The zero-order valence-corrected chi connectivity index (χ0v) is 13.8. The quantitative estimate of drug-likeness (QED) is 0.846. The summed E-state index contributed by atoms with van der Waals surface area (Å²) in [6.07, 6.45) is -3.80. The van der Waals surface area contributed by atoms with Crippen molar-refractivity contribution in [1.29, 1.82) is 0 Å². The van der Waals surface area contributed by atoms with Crippen LogP contribution in [0.5, 0.6) is 0 Å². The van der Waals surface area contributed by atoms with Crippen LogP contribution in [-0.2, 0) is 9.59 Å². The van der Waals surface area contributed by atoms with Gasteiger partial charge in [0, 0.05) is 32.1 Å². The van der Waals surface area contributed by atoms with E-state index in [1.165, 1.54) is 0 Å². The summed E-state index contributed by atoms with van der Waals surface area (Å²) in [5.74, 6) is -1.91. The molecule has 0 radical (unpaired) electrons. The predicted octanol–water partition coefficient (Wildman–Crippen LogP) is 1.99. The maximum atomic E-state index is 12.4. The number of piperidine rings is 1. The lowest BCUT2D eigenvalue weighted by Gasteiger charge is -2.32. The number of likely N-dealkylation sites (tertiary alicyclic amines) is 1.